The van der Waals surface area contributed by atoms with Crippen molar-refractivity contribution in [1.29, 1.82) is 0 Å². The molecule has 0 fully saturated rings. The van der Waals surface area contributed by atoms with Crippen LogP contribution >= 0.6 is 0 Å². The summed E-state index contributed by atoms with van der Waals surface area (Å²) in [6.45, 7) is 4.21. The lowest BCUT2D eigenvalue weighted by Gasteiger charge is -2.06. The highest BCUT2D eigenvalue weighted by Gasteiger charge is 2.07. The van der Waals surface area contributed by atoms with Crippen LogP contribution in [0.15, 0.2) is 12.2 Å². The number of carbonyl (C=O) groups is 1. The molecule has 0 saturated carbocycles. The second-order valence-corrected chi connectivity index (χ2v) is 3.35. The minimum absolute atomic E-state index is 0.120. The number of unbranched alkanes of at least 4 members (excludes halogenated alkanes) is 2. The predicted molar refractivity (Wildman–Crippen MR) is 57.4 cm³/mol. The van der Waals surface area contributed by atoms with E-state index in [0.717, 1.165) is 6.42 Å². The Hall–Kier alpha value is -0.870. The number of aliphatic hydroxyl groups excluding tert-OH is 2. The molecule has 0 rings (SSSR count). The van der Waals surface area contributed by atoms with Crippen molar-refractivity contribution in [1.82, 2.24) is 0 Å². The van der Waals surface area contributed by atoms with Gasteiger partial charge in [0.05, 0.1) is 6.61 Å². The van der Waals surface area contributed by atoms with E-state index in [4.69, 9.17) is 14.9 Å². The summed E-state index contributed by atoms with van der Waals surface area (Å²) in [5.74, 6) is -0.370. The molecule has 0 bridgehead atoms. The zero-order valence-electron chi connectivity index (χ0n) is 9.07. The van der Waals surface area contributed by atoms with Crippen molar-refractivity contribution in [2.75, 3.05) is 19.8 Å². The molecule has 0 aromatic heterocycles. The van der Waals surface area contributed by atoms with E-state index in [2.05, 4.69) is 6.58 Å². The summed E-state index contributed by atoms with van der Waals surface area (Å²) in [5.41, 5.74) is 0.451. The van der Waals surface area contributed by atoms with Crippen LogP contribution in [0.1, 0.15) is 32.1 Å². The van der Waals surface area contributed by atoms with Crippen molar-refractivity contribution in [3.63, 3.8) is 0 Å². The summed E-state index contributed by atoms with van der Waals surface area (Å²) in [6, 6.07) is 0. The van der Waals surface area contributed by atoms with Crippen molar-refractivity contribution in [3.05, 3.63) is 12.2 Å². The molecule has 0 atom stereocenters. The third kappa shape index (κ3) is 8.15. The molecular formula is C11H20O4. The van der Waals surface area contributed by atoms with Gasteiger partial charge in [0.2, 0.25) is 0 Å². The van der Waals surface area contributed by atoms with Gasteiger partial charge in [0.15, 0.2) is 0 Å². The minimum Gasteiger partial charge on any atom is -0.462 e. The lowest BCUT2D eigenvalue weighted by atomic mass is 10.1. The maximum Gasteiger partial charge on any atom is 0.333 e. The van der Waals surface area contributed by atoms with E-state index >= 15 is 0 Å². The molecule has 2 N–H and O–H groups in total. The van der Waals surface area contributed by atoms with Gasteiger partial charge >= 0.3 is 5.97 Å². The van der Waals surface area contributed by atoms with Crippen molar-refractivity contribution in [2.45, 2.75) is 32.1 Å². The summed E-state index contributed by atoms with van der Waals surface area (Å²) in [5, 5.41) is 17.1. The van der Waals surface area contributed by atoms with Crippen LogP contribution in [0.25, 0.3) is 0 Å². The molecule has 0 saturated heterocycles. The van der Waals surface area contributed by atoms with Crippen molar-refractivity contribution in [2.24, 2.45) is 0 Å². The van der Waals surface area contributed by atoms with E-state index < -0.39 is 0 Å². The summed E-state index contributed by atoms with van der Waals surface area (Å²) >= 11 is 0. The quantitative estimate of drug-likeness (QED) is 0.343. The van der Waals surface area contributed by atoms with E-state index in [-0.39, 0.29) is 19.2 Å². The second kappa shape index (κ2) is 9.68. The summed E-state index contributed by atoms with van der Waals surface area (Å²) in [4.78, 5) is 11.3. The Morgan fingerprint density at radius 3 is 2.27 bits per heavy atom. The Balaban J connectivity index is 3.47. The van der Waals surface area contributed by atoms with Gasteiger partial charge in [-0.2, -0.15) is 0 Å². The average molecular weight is 216 g/mol. The summed E-state index contributed by atoms with van der Waals surface area (Å²) < 4.78 is 4.92. The Morgan fingerprint density at radius 2 is 1.67 bits per heavy atom. The molecule has 0 aliphatic heterocycles. The third-order valence-corrected chi connectivity index (χ3v) is 1.96. The van der Waals surface area contributed by atoms with Crippen LogP contribution in [0.2, 0.25) is 0 Å². The molecule has 15 heavy (non-hydrogen) atoms. The monoisotopic (exact) mass is 216 g/mol. The first kappa shape index (κ1) is 14.1. The van der Waals surface area contributed by atoms with Gasteiger partial charge in [-0.3, -0.25) is 0 Å². The van der Waals surface area contributed by atoms with Crippen LogP contribution in [0.4, 0.5) is 0 Å². The molecule has 0 aromatic carbocycles. The lowest BCUT2D eigenvalue weighted by Crippen LogP contribution is -2.08. The van der Waals surface area contributed by atoms with E-state index in [1.54, 1.807) is 0 Å². The van der Waals surface area contributed by atoms with Crippen molar-refractivity contribution >= 4 is 5.97 Å². The number of carbonyl (C=O) groups excluding carboxylic acids is 1. The minimum atomic E-state index is -0.370. The number of aliphatic hydroxyl groups is 2. The molecule has 0 radical (unpaired) electrons. The molecule has 0 aliphatic rings. The van der Waals surface area contributed by atoms with Crippen molar-refractivity contribution < 1.29 is 19.7 Å². The standard InChI is InChI=1S/C11H20O4/c1-10(6-2-3-7-12)11(14)15-9-5-4-8-13/h12-13H,1-9H2. The van der Waals surface area contributed by atoms with Gasteiger partial charge in [-0.05, 0) is 32.1 Å². The van der Waals surface area contributed by atoms with Crippen LogP contribution in [0.5, 0.6) is 0 Å². The van der Waals surface area contributed by atoms with E-state index in [1.807, 2.05) is 0 Å². The second-order valence-electron chi connectivity index (χ2n) is 3.35. The van der Waals surface area contributed by atoms with Crippen LogP contribution in [0.3, 0.4) is 0 Å². The first-order valence-corrected chi connectivity index (χ1v) is 5.29. The molecule has 4 heteroatoms. The molecular weight excluding hydrogens is 196 g/mol. The molecule has 0 aromatic rings. The smallest absolute Gasteiger partial charge is 0.333 e. The first-order valence-electron chi connectivity index (χ1n) is 5.29. The number of hydrogen-bond donors (Lipinski definition) is 2. The molecule has 0 unspecified atom stereocenters. The summed E-state index contributed by atoms with van der Waals surface area (Å²) in [7, 11) is 0. The average Bonchev–Trinajstić information content (AvgIpc) is 2.24. The number of ether oxygens (including phenoxy) is 1. The maximum atomic E-state index is 11.3. The first-order chi connectivity index (χ1) is 7.22. The zero-order valence-corrected chi connectivity index (χ0v) is 9.07. The molecule has 0 spiro atoms. The summed E-state index contributed by atoms with van der Waals surface area (Å²) in [6.07, 6.45) is 3.31. The molecule has 88 valence electrons. The normalized spacial score (nSPS) is 10.0. The predicted octanol–water partition coefficient (Wildman–Crippen LogP) is 1.02. The fraction of sp³-hybridized carbons (Fsp3) is 0.727. The topological polar surface area (TPSA) is 66.8 Å². The van der Waals surface area contributed by atoms with Gasteiger partial charge in [0, 0.05) is 18.8 Å². The van der Waals surface area contributed by atoms with Crippen LogP contribution in [0, 0.1) is 0 Å². The zero-order chi connectivity index (χ0) is 11.5. The Morgan fingerprint density at radius 1 is 1.07 bits per heavy atom. The largest absolute Gasteiger partial charge is 0.462 e. The molecule has 0 heterocycles. The Labute approximate surface area is 90.6 Å². The van der Waals surface area contributed by atoms with Crippen molar-refractivity contribution in [3.8, 4) is 0 Å². The highest BCUT2D eigenvalue weighted by atomic mass is 16.5. The van der Waals surface area contributed by atoms with Crippen LogP contribution in [-0.4, -0.2) is 36.0 Å². The highest BCUT2D eigenvalue weighted by Crippen LogP contribution is 2.07. The third-order valence-electron chi connectivity index (χ3n) is 1.96. The number of hydrogen-bond acceptors (Lipinski definition) is 4. The lowest BCUT2D eigenvalue weighted by molar-refractivity contribution is -0.139. The van der Waals surface area contributed by atoms with Gasteiger partial charge in [-0.1, -0.05) is 6.58 Å². The SMILES string of the molecule is C=C(CCCCO)C(=O)OCCCCO. The van der Waals surface area contributed by atoms with Gasteiger partial charge in [-0.15, -0.1) is 0 Å². The van der Waals surface area contributed by atoms with E-state index in [0.29, 0.717) is 37.9 Å². The Bertz CT molecular complexity index is 189. The van der Waals surface area contributed by atoms with E-state index in [9.17, 15) is 4.79 Å². The van der Waals surface area contributed by atoms with Crippen LogP contribution < -0.4 is 0 Å². The Kier molecular flexibility index (Phi) is 9.11. The molecule has 0 aliphatic carbocycles. The number of rotatable bonds is 9. The van der Waals surface area contributed by atoms with Gasteiger partial charge < -0.3 is 14.9 Å². The van der Waals surface area contributed by atoms with Gasteiger partial charge in [-0.25, -0.2) is 4.79 Å². The highest BCUT2D eigenvalue weighted by molar-refractivity contribution is 5.87. The van der Waals surface area contributed by atoms with Crippen LogP contribution in [-0.2, 0) is 9.53 Å². The maximum absolute atomic E-state index is 11.3. The van der Waals surface area contributed by atoms with Gasteiger partial charge in [0.1, 0.15) is 0 Å². The number of esters is 1. The van der Waals surface area contributed by atoms with E-state index in [1.165, 1.54) is 0 Å². The molecule has 4 nitrogen and oxygen atoms in total. The fourth-order valence-corrected chi connectivity index (χ4v) is 1.03. The molecule has 0 amide bonds. The fourth-order valence-electron chi connectivity index (χ4n) is 1.03. The van der Waals surface area contributed by atoms with Gasteiger partial charge in [0.25, 0.3) is 0 Å².